The summed E-state index contributed by atoms with van der Waals surface area (Å²) in [4.78, 5) is 24.8. The smallest absolute Gasteiger partial charge is 0.335 e. The zero-order valence-corrected chi connectivity index (χ0v) is 12.7. The summed E-state index contributed by atoms with van der Waals surface area (Å²) in [6.07, 6.45) is 1.77. The topological polar surface area (TPSA) is 92.0 Å². The first-order valence-electron chi connectivity index (χ1n) is 7.36. The van der Waals surface area contributed by atoms with Gasteiger partial charge >= 0.3 is 11.9 Å². The number of carboxylic acid groups (broad SMARTS) is 2. The maximum absolute atomic E-state index is 11.8. The molecule has 1 saturated heterocycles. The lowest BCUT2D eigenvalue weighted by atomic mass is 10.0. The van der Waals surface area contributed by atoms with Crippen LogP contribution in [0.1, 0.15) is 22.0 Å². The van der Waals surface area contributed by atoms with E-state index in [9.17, 15) is 14.7 Å². The van der Waals surface area contributed by atoms with Crippen molar-refractivity contribution in [2.45, 2.75) is 6.04 Å². The number of nitrogens with zero attached hydrogens (tertiary/aromatic N) is 2. The number of rotatable bonds is 4. The third kappa shape index (κ3) is 2.80. The molecule has 0 aliphatic carbocycles. The molecule has 7 nitrogen and oxygen atoms in total. The quantitative estimate of drug-likeness (QED) is 0.884. The van der Waals surface area contributed by atoms with Gasteiger partial charge in [-0.25, -0.2) is 4.79 Å². The molecule has 0 spiro atoms. The number of fused-ring (bicyclic) bond motifs is 1. The van der Waals surface area contributed by atoms with E-state index >= 15 is 0 Å². The first-order chi connectivity index (χ1) is 11.0. The molecule has 0 bridgehead atoms. The van der Waals surface area contributed by atoms with Crippen LogP contribution >= 0.6 is 0 Å². The average molecular weight is 318 g/mol. The van der Waals surface area contributed by atoms with E-state index in [-0.39, 0.29) is 5.56 Å². The fourth-order valence-corrected chi connectivity index (χ4v) is 3.09. The van der Waals surface area contributed by atoms with Gasteiger partial charge in [0.15, 0.2) is 0 Å². The molecule has 0 radical (unpaired) electrons. The summed E-state index contributed by atoms with van der Waals surface area (Å²) in [5, 5.41) is 19.6. The Hall–Kier alpha value is -2.38. The predicted octanol–water partition coefficient (Wildman–Crippen LogP) is 1.33. The van der Waals surface area contributed by atoms with Gasteiger partial charge in [0, 0.05) is 42.8 Å². The van der Waals surface area contributed by atoms with Crippen LogP contribution in [0.25, 0.3) is 10.9 Å². The van der Waals surface area contributed by atoms with Gasteiger partial charge in [-0.3, -0.25) is 9.69 Å². The fourth-order valence-electron chi connectivity index (χ4n) is 3.09. The highest BCUT2D eigenvalue weighted by molar-refractivity contribution is 5.96. The summed E-state index contributed by atoms with van der Waals surface area (Å²) in [5.74, 6) is -1.92. The zero-order chi connectivity index (χ0) is 16.6. The van der Waals surface area contributed by atoms with Crippen molar-refractivity contribution in [1.82, 2.24) is 9.47 Å². The minimum absolute atomic E-state index is 0.184. The molecule has 1 atom stereocenters. The number of benzene rings is 1. The maximum atomic E-state index is 11.8. The standard InChI is InChI=1S/C16H18N2O5/c1-17-9-12(11-3-2-10(15(19)20)8-13(11)17)14(16(21)22)18-4-6-23-7-5-18/h2-3,8-9,14H,4-7H2,1H3,(H,19,20)(H,21,22)/t14-/m1/s1. The summed E-state index contributed by atoms with van der Waals surface area (Å²) < 4.78 is 7.07. The lowest BCUT2D eigenvalue weighted by molar-refractivity contribution is -0.145. The minimum Gasteiger partial charge on any atom is -0.480 e. The van der Waals surface area contributed by atoms with E-state index in [2.05, 4.69) is 0 Å². The number of carboxylic acids is 2. The van der Waals surface area contributed by atoms with Gasteiger partial charge in [-0.15, -0.1) is 0 Å². The van der Waals surface area contributed by atoms with E-state index in [4.69, 9.17) is 9.84 Å². The molecule has 0 amide bonds. The van der Waals surface area contributed by atoms with E-state index in [0.717, 1.165) is 5.39 Å². The van der Waals surface area contributed by atoms with Crippen molar-refractivity contribution >= 4 is 22.8 Å². The summed E-state index contributed by atoms with van der Waals surface area (Å²) in [6, 6.07) is 3.99. The predicted molar refractivity (Wildman–Crippen MR) is 82.6 cm³/mol. The number of hydrogen-bond donors (Lipinski definition) is 2. The Kier molecular flexibility index (Phi) is 4.06. The Morgan fingerprint density at radius 2 is 1.91 bits per heavy atom. The molecule has 7 heteroatoms. The lowest BCUT2D eigenvalue weighted by Crippen LogP contribution is -2.42. The first-order valence-corrected chi connectivity index (χ1v) is 7.36. The monoisotopic (exact) mass is 318 g/mol. The molecule has 0 unspecified atom stereocenters. The van der Waals surface area contributed by atoms with Crippen molar-refractivity contribution in [2.75, 3.05) is 26.3 Å². The van der Waals surface area contributed by atoms with E-state index < -0.39 is 18.0 Å². The summed E-state index contributed by atoms with van der Waals surface area (Å²) in [7, 11) is 1.79. The van der Waals surface area contributed by atoms with Crippen LogP contribution in [0, 0.1) is 0 Å². The number of aromatic carboxylic acids is 1. The Labute approximate surface area is 132 Å². The highest BCUT2D eigenvalue weighted by atomic mass is 16.5. The van der Waals surface area contributed by atoms with Crippen molar-refractivity contribution in [3.8, 4) is 0 Å². The van der Waals surface area contributed by atoms with E-state index in [1.807, 2.05) is 4.90 Å². The molecule has 1 fully saturated rings. The van der Waals surface area contributed by atoms with Crippen molar-refractivity contribution < 1.29 is 24.5 Å². The number of aliphatic carboxylic acids is 1. The third-order valence-corrected chi connectivity index (χ3v) is 4.21. The summed E-state index contributed by atoms with van der Waals surface area (Å²) in [5.41, 5.74) is 1.57. The largest absolute Gasteiger partial charge is 0.480 e. The summed E-state index contributed by atoms with van der Waals surface area (Å²) in [6.45, 7) is 2.14. The number of hydrogen-bond acceptors (Lipinski definition) is 4. The number of carbonyl (C=O) groups is 2. The van der Waals surface area contributed by atoms with Crippen LogP contribution in [0.2, 0.25) is 0 Å². The Morgan fingerprint density at radius 1 is 1.22 bits per heavy atom. The SMILES string of the molecule is Cn1cc([C@H](C(=O)O)N2CCOCC2)c2ccc(C(=O)O)cc21. The van der Waals surface area contributed by atoms with Gasteiger partial charge in [-0.1, -0.05) is 6.07 Å². The lowest BCUT2D eigenvalue weighted by Gasteiger charge is -2.31. The molecule has 23 heavy (non-hydrogen) atoms. The normalized spacial score (nSPS) is 17.3. The van der Waals surface area contributed by atoms with Gasteiger partial charge in [0.1, 0.15) is 6.04 Å². The van der Waals surface area contributed by atoms with Crippen molar-refractivity contribution in [2.24, 2.45) is 7.05 Å². The van der Waals surface area contributed by atoms with Crippen molar-refractivity contribution in [1.29, 1.82) is 0 Å². The molecule has 1 aromatic carbocycles. The molecule has 2 heterocycles. The van der Waals surface area contributed by atoms with Crippen LogP contribution in [0.3, 0.4) is 0 Å². The molecule has 2 aromatic rings. The maximum Gasteiger partial charge on any atom is 0.335 e. The number of morpholine rings is 1. The summed E-state index contributed by atoms with van der Waals surface area (Å²) >= 11 is 0. The first kappa shape index (κ1) is 15.5. The van der Waals surface area contributed by atoms with Crippen LogP contribution < -0.4 is 0 Å². The van der Waals surface area contributed by atoms with E-state index in [0.29, 0.717) is 37.4 Å². The highest BCUT2D eigenvalue weighted by Gasteiger charge is 2.31. The van der Waals surface area contributed by atoms with Crippen molar-refractivity contribution in [3.63, 3.8) is 0 Å². The van der Waals surface area contributed by atoms with Gasteiger partial charge in [-0.05, 0) is 12.1 Å². The fraction of sp³-hybridized carbons (Fsp3) is 0.375. The highest BCUT2D eigenvalue weighted by Crippen LogP contribution is 2.31. The molecule has 0 saturated carbocycles. The third-order valence-electron chi connectivity index (χ3n) is 4.21. The molecular formula is C16H18N2O5. The van der Waals surface area contributed by atoms with Gasteiger partial charge in [-0.2, -0.15) is 0 Å². The van der Waals surface area contributed by atoms with Gasteiger partial charge < -0.3 is 19.5 Å². The second-order valence-corrected chi connectivity index (χ2v) is 5.62. The van der Waals surface area contributed by atoms with Gasteiger partial charge in [0.25, 0.3) is 0 Å². The molecule has 2 N–H and O–H groups in total. The Morgan fingerprint density at radius 3 is 2.52 bits per heavy atom. The number of aryl methyl sites for hydroxylation is 1. The molecule has 1 aliphatic heterocycles. The second kappa shape index (κ2) is 6.02. The number of aromatic nitrogens is 1. The minimum atomic E-state index is -1.00. The van der Waals surface area contributed by atoms with Gasteiger partial charge in [0.05, 0.1) is 18.8 Å². The van der Waals surface area contributed by atoms with Gasteiger partial charge in [0.2, 0.25) is 0 Å². The molecule has 122 valence electrons. The zero-order valence-electron chi connectivity index (χ0n) is 12.7. The van der Waals surface area contributed by atoms with Crippen LogP contribution in [-0.2, 0) is 16.6 Å². The average Bonchev–Trinajstić information content (AvgIpc) is 2.85. The van der Waals surface area contributed by atoms with Crippen LogP contribution in [-0.4, -0.2) is 57.9 Å². The molecule has 3 rings (SSSR count). The number of ether oxygens (including phenoxy) is 1. The van der Waals surface area contributed by atoms with E-state index in [1.165, 1.54) is 6.07 Å². The molecule has 1 aromatic heterocycles. The van der Waals surface area contributed by atoms with Crippen molar-refractivity contribution in [3.05, 3.63) is 35.5 Å². The van der Waals surface area contributed by atoms with Crippen LogP contribution in [0.15, 0.2) is 24.4 Å². The van der Waals surface area contributed by atoms with E-state index in [1.54, 1.807) is 29.9 Å². The molecule has 1 aliphatic rings. The second-order valence-electron chi connectivity index (χ2n) is 5.62. The Balaban J connectivity index is 2.09. The van der Waals surface area contributed by atoms with Crippen LogP contribution in [0.4, 0.5) is 0 Å². The van der Waals surface area contributed by atoms with Crippen LogP contribution in [0.5, 0.6) is 0 Å². The molecular weight excluding hydrogens is 300 g/mol. The Bertz CT molecular complexity index is 761.